The van der Waals surface area contributed by atoms with Crippen LogP contribution in [0, 0.1) is 11.3 Å². The van der Waals surface area contributed by atoms with Crippen molar-refractivity contribution in [3.8, 4) is 6.07 Å². The van der Waals surface area contributed by atoms with Crippen LogP contribution in [0.25, 0.3) is 5.57 Å². The van der Waals surface area contributed by atoms with Gasteiger partial charge in [0.2, 0.25) is 5.82 Å². The smallest absolute Gasteiger partial charge is 0.414 e. The fourth-order valence-corrected chi connectivity index (χ4v) is 3.04. The number of hydrogen-bond donors (Lipinski definition) is 2. The minimum absolute atomic E-state index is 0.191. The number of aromatic amines is 1. The van der Waals surface area contributed by atoms with Crippen LogP contribution in [-0.2, 0) is 10.2 Å². The summed E-state index contributed by atoms with van der Waals surface area (Å²) in [6.45, 7) is 10.2. The molecule has 1 aromatic carbocycles. The molecule has 0 spiro atoms. The molecule has 0 saturated carbocycles. The molecule has 0 radical (unpaired) electrons. The summed E-state index contributed by atoms with van der Waals surface area (Å²) in [5.74, 6) is 0.202. The van der Waals surface area contributed by atoms with E-state index in [2.05, 4.69) is 39.8 Å². The minimum atomic E-state index is -0.575. The second-order valence-electron chi connectivity index (χ2n) is 8.23. The van der Waals surface area contributed by atoms with E-state index >= 15 is 0 Å². The number of allylic oxidation sites excluding steroid dienone is 1. The van der Waals surface area contributed by atoms with Gasteiger partial charge in [-0.05, 0) is 43.7 Å². The number of nitriles is 1. The number of anilines is 2. The monoisotopic (exact) mass is 381 g/mol. The highest BCUT2D eigenvalue weighted by Crippen LogP contribution is 2.42. The lowest BCUT2D eigenvalue weighted by atomic mass is 9.87. The van der Waals surface area contributed by atoms with Crippen molar-refractivity contribution in [2.75, 3.05) is 16.8 Å². The number of carbonyl (C=O) groups excluding carboxylic acids is 1. The number of aromatic nitrogens is 4. The topological polar surface area (TPSA) is 120 Å². The van der Waals surface area contributed by atoms with Gasteiger partial charge in [-0.3, -0.25) is 4.90 Å². The maximum absolute atomic E-state index is 12.7. The Morgan fingerprint density at radius 3 is 2.79 bits per heavy atom. The number of hydrogen-bond acceptors (Lipinski definition) is 7. The third-order valence-corrected chi connectivity index (χ3v) is 4.27. The third-order valence-electron chi connectivity index (χ3n) is 4.27. The summed E-state index contributed by atoms with van der Waals surface area (Å²) >= 11 is 0. The highest BCUT2D eigenvalue weighted by atomic mass is 16.6. The highest BCUT2D eigenvalue weighted by molar-refractivity contribution is 5.92. The largest absolute Gasteiger partial charge is 0.443 e. The summed E-state index contributed by atoms with van der Waals surface area (Å²) in [4.78, 5) is 14.3. The summed E-state index contributed by atoms with van der Waals surface area (Å²) in [5, 5.41) is 25.7. The molecule has 1 aromatic heterocycles. The number of amides is 1. The molecule has 0 aliphatic carbocycles. The van der Waals surface area contributed by atoms with Crippen molar-refractivity contribution in [2.24, 2.45) is 0 Å². The fourth-order valence-electron chi connectivity index (χ4n) is 3.04. The van der Waals surface area contributed by atoms with Crippen LogP contribution in [0.1, 0.15) is 46.0 Å². The first kappa shape index (κ1) is 19.4. The van der Waals surface area contributed by atoms with Gasteiger partial charge in [0.25, 0.3) is 0 Å². The first-order valence-corrected chi connectivity index (χ1v) is 8.86. The van der Waals surface area contributed by atoms with E-state index in [1.165, 1.54) is 6.20 Å². The van der Waals surface area contributed by atoms with E-state index in [0.29, 0.717) is 6.54 Å². The standard InChI is InChI=1S/C19H23N7O2/c1-18(2,3)28-17(27)26-11-19(4,5)14-7-6-13(8-15(14)26)21-10-12(9-20)16-22-24-25-23-16/h6-8,10,21H,11H2,1-5H3,(H,22,23,24,25). The van der Waals surface area contributed by atoms with Gasteiger partial charge in [-0.2, -0.15) is 10.5 Å². The maximum atomic E-state index is 12.7. The first-order valence-electron chi connectivity index (χ1n) is 8.86. The van der Waals surface area contributed by atoms with Gasteiger partial charge < -0.3 is 10.1 Å². The van der Waals surface area contributed by atoms with Gasteiger partial charge in [0.05, 0.1) is 5.69 Å². The van der Waals surface area contributed by atoms with Crippen molar-refractivity contribution >= 4 is 23.0 Å². The van der Waals surface area contributed by atoms with Crippen LogP contribution in [-0.4, -0.2) is 38.9 Å². The lowest BCUT2D eigenvalue weighted by Crippen LogP contribution is -2.38. The zero-order valence-corrected chi connectivity index (χ0v) is 16.6. The van der Waals surface area contributed by atoms with E-state index in [0.717, 1.165) is 16.9 Å². The Bertz CT molecular complexity index is 950. The van der Waals surface area contributed by atoms with E-state index in [4.69, 9.17) is 4.74 Å². The summed E-state index contributed by atoms with van der Waals surface area (Å²) < 4.78 is 5.56. The van der Waals surface area contributed by atoms with E-state index in [1.54, 1.807) is 4.90 Å². The third kappa shape index (κ3) is 3.96. The molecule has 2 heterocycles. The molecular formula is C19H23N7O2. The van der Waals surface area contributed by atoms with Crippen molar-refractivity contribution in [1.82, 2.24) is 20.6 Å². The Hall–Kier alpha value is -3.41. The fraction of sp³-hybridized carbons (Fsp3) is 0.421. The van der Waals surface area contributed by atoms with Crippen LogP contribution in [0.2, 0.25) is 0 Å². The molecule has 1 amide bonds. The molecule has 146 valence electrons. The van der Waals surface area contributed by atoms with Gasteiger partial charge in [-0.25, -0.2) is 4.79 Å². The quantitative estimate of drug-likeness (QED) is 0.783. The second kappa shape index (κ2) is 6.96. The summed E-state index contributed by atoms with van der Waals surface area (Å²) in [5.41, 5.74) is 2.04. The molecule has 0 atom stereocenters. The van der Waals surface area contributed by atoms with Gasteiger partial charge in [0.15, 0.2) is 0 Å². The summed E-state index contributed by atoms with van der Waals surface area (Å²) in [7, 11) is 0. The van der Waals surface area contributed by atoms with Crippen LogP contribution in [0.15, 0.2) is 24.4 Å². The number of benzene rings is 1. The lowest BCUT2D eigenvalue weighted by molar-refractivity contribution is 0.0579. The van der Waals surface area contributed by atoms with Gasteiger partial charge in [0, 0.05) is 23.8 Å². The zero-order chi connectivity index (χ0) is 20.5. The van der Waals surface area contributed by atoms with E-state index in [1.807, 2.05) is 45.0 Å². The number of fused-ring (bicyclic) bond motifs is 1. The SMILES string of the molecule is CC(C)(C)OC(=O)N1CC(C)(C)c2ccc(NC=C(C#N)c3nn[nH]n3)cc21. The molecule has 1 aliphatic rings. The molecule has 1 aliphatic heterocycles. The van der Waals surface area contributed by atoms with Crippen LogP contribution >= 0.6 is 0 Å². The zero-order valence-electron chi connectivity index (χ0n) is 16.6. The molecule has 9 heteroatoms. The van der Waals surface area contributed by atoms with Crippen molar-refractivity contribution in [2.45, 2.75) is 45.6 Å². The van der Waals surface area contributed by atoms with Crippen LogP contribution < -0.4 is 10.2 Å². The number of H-pyrrole nitrogens is 1. The highest BCUT2D eigenvalue weighted by Gasteiger charge is 2.39. The van der Waals surface area contributed by atoms with E-state index in [-0.39, 0.29) is 22.9 Å². The van der Waals surface area contributed by atoms with Crippen LogP contribution in [0.4, 0.5) is 16.2 Å². The number of ether oxygens (including phenoxy) is 1. The Balaban J connectivity index is 1.89. The van der Waals surface area contributed by atoms with Crippen molar-refractivity contribution in [1.29, 1.82) is 5.26 Å². The molecule has 28 heavy (non-hydrogen) atoms. The van der Waals surface area contributed by atoms with E-state index < -0.39 is 5.60 Å². The van der Waals surface area contributed by atoms with Crippen LogP contribution in [0.3, 0.4) is 0 Å². The molecule has 3 rings (SSSR count). The number of carbonyl (C=O) groups is 1. The predicted molar refractivity (Wildman–Crippen MR) is 104 cm³/mol. The maximum Gasteiger partial charge on any atom is 0.414 e. The Labute approximate surface area is 163 Å². The molecule has 0 bridgehead atoms. The molecule has 2 N–H and O–H groups in total. The number of rotatable bonds is 3. The first-order chi connectivity index (χ1) is 13.1. The Morgan fingerprint density at radius 2 is 2.18 bits per heavy atom. The predicted octanol–water partition coefficient (Wildman–Crippen LogP) is 3.21. The Morgan fingerprint density at radius 1 is 1.43 bits per heavy atom. The minimum Gasteiger partial charge on any atom is -0.443 e. The molecule has 0 saturated heterocycles. The Kier molecular flexibility index (Phi) is 4.81. The molecule has 9 nitrogen and oxygen atoms in total. The molecule has 2 aromatic rings. The lowest BCUT2D eigenvalue weighted by Gasteiger charge is -2.26. The van der Waals surface area contributed by atoms with Gasteiger partial charge in [-0.1, -0.05) is 19.9 Å². The average molecular weight is 381 g/mol. The van der Waals surface area contributed by atoms with Crippen LogP contribution in [0.5, 0.6) is 0 Å². The molecule has 0 fully saturated rings. The van der Waals surface area contributed by atoms with Gasteiger partial charge in [-0.15, -0.1) is 10.2 Å². The number of tetrazole rings is 1. The normalized spacial score (nSPS) is 15.7. The summed E-state index contributed by atoms with van der Waals surface area (Å²) in [6.07, 6.45) is 1.13. The molecular weight excluding hydrogens is 358 g/mol. The van der Waals surface area contributed by atoms with Gasteiger partial charge >= 0.3 is 6.09 Å². The van der Waals surface area contributed by atoms with Gasteiger partial charge in [0.1, 0.15) is 17.2 Å². The summed E-state index contributed by atoms with van der Waals surface area (Å²) in [6, 6.07) is 7.78. The number of nitrogens with zero attached hydrogens (tertiary/aromatic N) is 5. The average Bonchev–Trinajstić information content (AvgIpc) is 3.21. The van der Waals surface area contributed by atoms with Crippen molar-refractivity contribution in [3.05, 3.63) is 35.8 Å². The van der Waals surface area contributed by atoms with Crippen molar-refractivity contribution < 1.29 is 9.53 Å². The van der Waals surface area contributed by atoms with E-state index in [9.17, 15) is 10.1 Å². The second-order valence-corrected chi connectivity index (χ2v) is 8.23. The molecule has 0 unspecified atom stereocenters. The van der Waals surface area contributed by atoms with Crippen molar-refractivity contribution in [3.63, 3.8) is 0 Å². The number of nitrogens with one attached hydrogen (secondary N) is 2.